The van der Waals surface area contributed by atoms with Crippen LogP contribution < -0.4 is 14.2 Å². The Labute approximate surface area is 178 Å². The molecule has 10 heteroatoms. The number of nitrogens with zero attached hydrogens (tertiary/aromatic N) is 3. The predicted octanol–water partition coefficient (Wildman–Crippen LogP) is 3.87. The SMILES string of the molecule is COc1ccc2nc(-c3ccc(NS(=O)(=O)c4cc(Cl)ccc4OC)cc3)cn2n1. The van der Waals surface area contributed by atoms with Gasteiger partial charge in [0, 0.05) is 22.3 Å². The summed E-state index contributed by atoms with van der Waals surface area (Å²) >= 11 is 5.95. The molecule has 154 valence electrons. The predicted molar refractivity (Wildman–Crippen MR) is 114 cm³/mol. The number of ether oxygens (including phenoxy) is 2. The van der Waals surface area contributed by atoms with Crippen LogP contribution in [-0.4, -0.2) is 37.2 Å². The molecular formula is C20H17ClN4O4S. The second kappa shape index (κ2) is 7.85. The van der Waals surface area contributed by atoms with Crippen LogP contribution in [0.25, 0.3) is 16.9 Å². The first kappa shape index (κ1) is 20.0. The van der Waals surface area contributed by atoms with Crippen molar-refractivity contribution in [1.29, 1.82) is 0 Å². The van der Waals surface area contributed by atoms with E-state index in [1.807, 2.05) is 0 Å². The summed E-state index contributed by atoms with van der Waals surface area (Å²) in [7, 11) is -0.942. The fourth-order valence-corrected chi connectivity index (χ4v) is 4.38. The lowest BCUT2D eigenvalue weighted by Gasteiger charge is -2.12. The van der Waals surface area contributed by atoms with Gasteiger partial charge in [-0.1, -0.05) is 23.7 Å². The van der Waals surface area contributed by atoms with Gasteiger partial charge >= 0.3 is 0 Å². The summed E-state index contributed by atoms with van der Waals surface area (Å²) in [6.45, 7) is 0. The molecule has 1 N–H and O–H groups in total. The molecule has 0 spiro atoms. The van der Waals surface area contributed by atoms with Crippen molar-refractivity contribution in [1.82, 2.24) is 14.6 Å². The standard InChI is InChI=1S/C20H17ClN4O4S/c1-28-17-8-5-14(21)11-18(17)30(26,27)24-15-6-3-13(4-7-15)16-12-25-19(22-16)9-10-20(23-25)29-2/h3-12,24H,1-2H3. The van der Waals surface area contributed by atoms with E-state index in [9.17, 15) is 8.42 Å². The van der Waals surface area contributed by atoms with Gasteiger partial charge in [0.05, 0.1) is 26.1 Å². The number of benzene rings is 2. The highest BCUT2D eigenvalue weighted by Crippen LogP contribution is 2.29. The fourth-order valence-electron chi connectivity index (χ4n) is 2.89. The Kier molecular flexibility index (Phi) is 5.23. The second-order valence-electron chi connectivity index (χ2n) is 6.28. The number of hydrogen-bond acceptors (Lipinski definition) is 6. The minimum absolute atomic E-state index is 0.0399. The number of rotatable bonds is 6. The van der Waals surface area contributed by atoms with E-state index in [2.05, 4.69) is 14.8 Å². The number of hydrogen-bond donors (Lipinski definition) is 1. The molecule has 0 radical (unpaired) electrons. The first-order valence-corrected chi connectivity index (χ1v) is 10.6. The van der Waals surface area contributed by atoms with E-state index in [0.29, 0.717) is 27.9 Å². The van der Waals surface area contributed by atoms with E-state index in [1.54, 1.807) is 60.3 Å². The number of imidazole rings is 1. The van der Waals surface area contributed by atoms with Gasteiger partial charge in [-0.15, -0.1) is 5.10 Å². The minimum Gasteiger partial charge on any atom is -0.495 e. The molecule has 2 aromatic heterocycles. The highest BCUT2D eigenvalue weighted by molar-refractivity contribution is 7.92. The molecule has 0 aliphatic carbocycles. The highest BCUT2D eigenvalue weighted by atomic mass is 35.5. The number of methoxy groups -OCH3 is 2. The third-order valence-corrected chi connectivity index (χ3v) is 5.99. The Morgan fingerprint density at radius 2 is 1.77 bits per heavy atom. The van der Waals surface area contributed by atoms with Crippen molar-refractivity contribution in [3.63, 3.8) is 0 Å². The summed E-state index contributed by atoms with van der Waals surface area (Å²) in [5.74, 6) is 0.684. The monoisotopic (exact) mass is 444 g/mol. The van der Waals surface area contributed by atoms with Crippen molar-refractivity contribution < 1.29 is 17.9 Å². The number of halogens is 1. The van der Waals surface area contributed by atoms with Crippen LogP contribution in [0.4, 0.5) is 5.69 Å². The second-order valence-corrected chi connectivity index (χ2v) is 8.37. The van der Waals surface area contributed by atoms with Gasteiger partial charge < -0.3 is 9.47 Å². The molecule has 0 atom stereocenters. The zero-order chi connectivity index (χ0) is 21.3. The van der Waals surface area contributed by atoms with Crippen LogP contribution in [0.3, 0.4) is 0 Å². The molecule has 0 saturated carbocycles. The molecule has 0 aliphatic rings. The third-order valence-electron chi connectivity index (χ3n) is 4.35. The third kappa shape index (κ3) is 3.89. The first-order chi connectivity index (χ1) is 14.4. The molecule has 8 nitrogen and oxygen atoms in total. The molecule has 0 bridgehead atoms. The molecule has 2 aromatic carbocycles. The Morgan fingerprint density at radius 1 is 1.00 bits per heavy atom. The van der Waals surface area contributed by atoms with Gasteiger partial charge in [-0.25, -0.2) is 17.9 Å². The van der Waals surface area contributed by atoms with Crippen LogP contribution in [-0.2, 0) is 10.0 Å². The van der Waals surface area contributed by atoms with Crippen LogP contribution in [0, 0.1) is 0 Å². The molecule has 30 heavy (non-hydrogen) atoms. The van der Waals surface area contributed by atoms with E-state index in [4.69, 9.17) is 21.1 Å². The average Bonchev–Trinajstić information content (AvgIpc) is 3.17. The smallest absolute Gasteiger partial charge is 0.265 e. The lowest BCUT2D eigenvalue weighted by molar-refractivity contribution is 0.390. The molecule has 4 aromatic rings. The quantitative estimate of drug-likeness (QED) is 0.485. The van der Waals surface area contributed by atoms with E-state index in [1.165, 1.54) is 19.2 Å². The molecule has 2 heterocycles. The van der Waals surface area contributed by atoms with E-state index in [-0.39, 0.29) is 10.6 Å². The van der Waals surface area contributed by atoms with Gasteiger partial charge in [0.15, 0.2) is 5.65 Å². The van der Waals surface area contributed by atoms with Crippen LogP contribution in [0.1, 0.15) is 0 Å². The molecule has 0 aliphatic heterocycles. The largest absolute Gasteiger partial charge is 0.495 e. The van der Waals surface area contributed by atoms with Gasteiger partial charge in [0.2, 0.25) is 5.88 Å². The molecule has 0 unspecified atom stereocenters. The molecule has 0 amide bonds. The molecule has 0 saturated heterocycles. The normalized spacial score (nSPS) is 11.4. The van der Waals surface area contributed by atoms with E-state index in [0.717, 1.165) is 5.56 Å². The zero-order valence-corrected chi connectivity index (χ0v) is 17.6. The van der Waals surface area contributed by atoms with Crippen molar-refractivity contribution >= 4 is 33.0 Å². The van der Waals surface area contributed by atoms with Crippen molar-refractivity contribution in [2.24, 2.45) is 0 Å². The molecule has 4 rings (SSSR count). The van der Waals surface area contributed by atoms with Crippen LogP contribution in [0.5, 0.6) is 11.6 Å². The summed E-state index contributed by atoms with van der Waals surface area (Å²) in [5, 5.41) is 4.58. The summed E-state index contributed by atoms with van der Waals surface area (Å²) in [6, 6.07) is 14.8. The molecular weight excluding hydrogens is 428 g/mol. The Morgan fingerprint density at radius 3 is 2.47 bits per heavy atom. The Balaban J connectivity index is 1.60. The Hall–Kier alpha value is -3.30. The maximum absolute atomic E-state index is 12.8. The maximum atomic E-state index is 12.8. The summed E-state index contributed by atoms with van der Waals surface area (Å²) in [5.41, 5.74) is 2.57. The van der Waals surface area contributed by atoms with Crippen molar-refractivity contribution in [2.45, 2.75) is 4.90 Å². The van der Waals surface area contributed by atoms with Crippen LogP contribution >= 0.6 is 11.6 Å². The fraction of sp³-hybridized carbons (Fsp3) is 0.100. The number of nitrogens with one attached hydrogen (secondary N) is 1. The summed E-state index contributed by atoms with van der Waals surface area (Å²) in [6.07, 6.45) is 1.77. The highest BCUT2D eigenvalue weighted by Gasteiger charge is 2.20. The summed E-state index contributed by atoms with van der Waals surface area (Å²) in [4.78, 5) is 4.48. The van der Waals surface area contributed by atoms with Crippen LogP contribution in [0.2, 0.25) is 5.02 Å². The van der Waals surface area contributed by atoms with Gasteiger partial charge in [0.25, 0.3) is 10.0 Å². The first-order valence-electron chi connectivity index (χ1n) is 8.77. The lowest BCUT2D eigenvalue weighted by Crippen LogP contribution is -2.14. The zero-order valence-electron chi connectivity index (χ0n) is 16.0. The van der Waals surface area contributed by atoms with E-state index >= 15 is 0 Å². The van der Waals surface area contributed by atoms with Gasteiger partial charge in [0.1, 0.15) is 10.6 Å². The van der Waals surface area contributed by atoms with Crippen molar-refractivity contribution in [2.75, 3.05) is 18.9 Å². The summed E-state index contributed by atoms with van der Waals surface area (Å²) < 4.78 is 40.0. The van der Waals surface area contributed by atoms with Crippen LogP contribution in [0.15, 0.2) is 65.7 Å². The number of aromatic nitrogens is 3. The maximum Gasteiger partial charge on any atom is 0.265 e. The van der Waals surface area contributed by atoms with Gasteiger partial charge in [-0.2, -0.15) is 0 Å². The number of anilines is 1. The average molecular weight is 445 g/mol. The van der Waals surface area contributed by atoms with Crippen molar-refractivity contribution in [3.05, 3.63) is 65.8 Å². The minimum atomic E-state index is -3.89. The number of sulfonamides is 1. The van der Waals surface area contributed by atoms with Gasteiger partial charge in [-0.05, 0) is 36.4 Å². The van der Waals surface area contributed by atoms with E-state index < -0.39 is 10.0 Å². The lowest BCUT2D eigenvalue weighted by atomic mass is 10.1. The number of fused-ring (bicyclic) bond motifs is 1. The molecule has 0 fully saturated rings. The van der Waals surface area contributed by atoms with Gasteiger partial charge in [-0.3, -0.25) is 4.72 Å². The van der Waals surface area contributed by atoms with Crippen molar-refractivity contribution in [3.8, 4) is 22.9 Å². The Bertz CT molecular complexity index is 1320. The topological polar surface area (TPSA) is 94.8 Å².